The maximum absolute atomic E-state index is 12.9. The Morgan fingerprint density at radius 2 is 1.77 bits per heavy atom. The maximum Gasteiger partial charge on any atom is 0.243 e. The van der Waals surface area contributed by atoms with Gasteiger partial charge in [-0.1, -0.05) is 35.3 Å². The summed E-state index contributed by atoms with van der Waals surface area (Å²) in [5.41, 5.74) is 2.94. The van der Waals surface area contributed by atoms with Gasteiger partial charge in [0.25, 0.3) is 0 Å². The van der Waals surface area contributed by atoms with Gasteiger partial charge in [-0.25, -0.2) is 8.42 Å². The molecular weight excluding hydrogens is 443 g/mol. The largest absolute Gasteiger partial charge is 0.356 e. The summed E-state index contributed by atoms with van der Waals surface area (Å²) in [6.45, 7) is 5.02. The Labute approximate surface area is 188 Å². The van der Waals surface area contributed by atoms with E-state index in [9.17, 15) is 13.2 Å². The average Bonchev–Trinajstić information content (AvgIpc) is 2.71. The summed E-state index contributed by atoms with van der Waals surface area (Å²) < 4.78 is 27.3. The summed E-state index contributed by atoms with van der Waals surface area (Å²) in [4.78, 5) is 12.8. The molecule has 1 amide bonds. The van der Waals surface area contributed by atoms with Crippen LogP contribution in [0.25, 0.3) is 0 Å². The monoisotopic (exact) mass is 468 g/mol. The molecule has 0 bridgehead atoms. The van der Waals surface area contributed by atoms with Crippen molar-refractivity contribution >= 4 is 39.1 Å². The lowest BCUT2D eigenvalue weighted by atomic mass is 9.97. The number of piperidine rings is 1. The number of rotatable bonds is 6. The van der Waals surface area contributed by atoms with E-state index < -0.39 is 10.0 Å². The van der Waals surface area contributed by atoms with Crippen molar-refractivity contribution in [1.29, 1.82) is 0 Å². The van der Waals surface area contributed by atoms with Gasteiger partial charge in [-0.2, -0.15) is 4.31 Å². The first-order chi connectivity index (χ1) is 14.2. The zero-order chi connectivity index (χ0) is 21.9. The minimum absolute atomic E-state index is 0.0386. The van der Waals surface area contributed by atoms with Crippen molar-refractivity contribution in [3.05, 3.63) is 63.1 Å². The van der Waals surface area contributed by atoms with Crippen LogP contribution in [0.1, 0.15) is 29.5 Å². The van der Waals surface area contributed by atoms with Gasteiger partial charge in [0.1, 0.15) is 0 Å². The van der Waals surface area contributed by atoms with Crippen LogP contribution < -0.4 is 5.32 Å². The number of hydrogen-bond donors (Lipinski definition) is 1. The number of nitrogens with zero attached hydrogens (tertiary/aromatic N) is 1. The number of benzene rings is 2. The van der Waals surface area contributed by atoms with Gasteiger partial charge < -0.3 is 5.32 Å². The fourth-order valence-corrected chi connectivity index (χ4v) is 5.63. The molecule has 0 spiro atoms. The molecule has 1 aliphatic heterocycles. The number of hydrogen-bond acceptors (Lipinski definition) is 3. The van der Waals surface area contributed by atoms with E-state index in [1.807, 2.05) is 26.0 Å². The van der Waals surface area contributed by atoms with Crippen molar-refractivity contribution in [2.24, 2.45) is 5.92 Å². The Balaban J connectivity index is 1.51. The van der Waals surface area contributed by atoms with Gasteiger partial charge in [-0.3, -0.25) is 4.79 Å². The van der Waals surface area contributed by atoms with Gasteiger partial charge in [0.05, 0.1) is 4.90 Å². The third-order valence-corrected chi connectivity index (χ3v) is 8.13. The summed E-state index contributed by atoms with van der Waals surface area (Å²) in [7, 11) is -3.54. The lowest BCUT2D eigenvalue weighted by molar-refractivity contribution is -0.126. The van der Waals surface area contributed by atoms with Crippen LogP contribution in [0.15, 0.2) is 41.3 Å². The SMILES string of the molecule is Cc1ccc(S(=O)(=O)N2CCC(C(=O)NCCc3ccc(Cl)cc3Cl)CC2)cc1C. The standard InChI is InChI=1S/C22H26Cl2N2O3S/c1-15-3-6-20(13-16(15)2)30(28,29)26-11-8-18(9-12-26)22(27)25-10-7-17-4-5-19(23)14-21(17)24/h3-6,13-14,18H,7-12H2,1-2H3,(H,25,27). The van der Waals surface area contributed by atoms with E-state index in [1.54, 1.807) is 24.3 Å². The fourth-order valence-electron chi connectivity index (χ4n) is 3.57. The second-order valence-corrected chi connectivity index (χ2v) is 10.5. The summed E-state index contributed by atoms with van der Waals surface area (Å²) in [5.74, 6) is -0.222. The molecule has 1 saturated heterocycles. The van der Waals surface area contributed by atoms with Crippen LogP contribution >= 0.6 is 23.2 Å². The summed E-state index contributed by atoms with van der Waals surface area (Å²) in [6, 6.07) is 10.5. The Kier molecular flexibility index (Phi) is 7.45. The van der Waals surface area contributed by atoms with E-state index in [2.05, 4.69) is 5.32 Å². The molecule has 0 aromatic heterocycles. The van der Waals surface area contributed by atoms with Crippen LogP contribution in [0.2, 0.25) is 10.0 Å². The van der Waals surface area contributed by atoms with Gasteiger partial charge in [0.15, 0.2) is 0 Å². The Hall–Kier alpha value is -1.60. The lowest BCUT2D eigenvalue weighted by Crippen LogP contribution is -2.43. The molecule has 8 heteroatoms. The normalized spacial score (nSPS) is 15.9. The van der Waals surface area contributed by atoms with Crippen molar-refractivity contribution in [2.75, 3.05) is 19.6 Å². The van der Waals surface area contributed by atoms with Crippen molar-refractivity contribution in [1.82, 2.24) is 9.62 Å². The highest BCUT2D eigenvalue weighted by atomic mass is 35.5. The molecule has 1 fully saturated rings. The van der Waals surface area contributed by atoms with Gasteiger partial charge in [-0.15, -0.1) is 0 Å². The van der Waals surface area contributed by atoms with Gasteiger partial charge in [0.2, 0.25) is 15.9 Å². The minimum atomic E-state index is -3.54. The number of nitrogens with one attached hydrogen (secondary N) is 1. The molecule has 2 aromatic carbocycles. The van der Waals surface area contributed by atoms with E-state index in [4.69, 9.17) is 23.2 Å². The predicted molar refractivity (Wildman–Crippen MR) is 121 cm³/mol. The van der Waals surface area contributed by atoms with E-state index >= 15 is 0 Å². The molecule has 0 radical (unpaired) electrons. The van der Waals surface area contributed by atoms with Gasteiger partial charge >= 0.3 is 0 Å². The molecule has 0 atom stereocenters. The molecule has 2 aromatic rings. The van der Waals surface area contributed by atoms with Crippen LogP contribution in [0, 0.1) is 19.8 Å². The number of halogens is 2. The van der Waals surface area contributed by atoms with Crippen LogP contribution in [0.4, 0.5) is 0 Å². The van der Waals surface area contributed by atoms with Gasteiger partial charge in [0, 0.05) is 35.6 Å². The smallest absolute Gasteiger partial charge is 0.243 e. The fraction of sp³-hybridized carbons (Fsp3) is 0.409. The van der Waals surface area contributed by atoms with Crippen LogP contribution in [-0.4, -0.2) is 38.3 Å². The lowest BCUT2D eigenvalue weighted by Gasteiger charge is -2.30. The zero-order valence-electron chi connectivity index (χ0n) is 17.1. The topological polar surface area (TPSA) is 66.5 Å². The highest BCUT2D eigenvalue weighted by Gasteiger charge is 2.32. The van der Waals surface area contributed by atoms with Crippen molar-refractivity contribution in [2.45, 2.75) is 38.0 Å². The number of sulfonamides is 1. The second kappa shape index (κ2) is 9.69. The third-order valence-electron chi connectivity index (χ3n) is 5.65. The van der Waals surface area contributed by atoms with Crippen molar-refractivity contribution in [3.63, 3.8) is 0 Å². The third kappa shape index (κ3) is 5.35. The van der Waals surface area contributed by atoms with Crippen LogP contribution in [-0.2, 0) is 21.2 Å². The molecule has 0 unspecified atom stereocenters. The minimum Gasteiger partial charge on any atom is -0.356 e. The first kappa shape index (κ1) is 23.1. The zero-order valence-corrected chi connectivity index (χ0v) is 19.4. The van der Waals surface area contributed by atoms with Gasteiger partial charge in [-0.05, 0) is 74.1 Å². The summed E-state index contributed by atoms with van der Waals surface area (Å²) in [5, 5.41) is 4.11. The van der Waals surface area contributed by atoms with Crippen molar-refractivity contribution < 1.29 is 13.2 Å². The molecule has 0 saturated carbocycles. The van der Waals surface area contributed by atoms with E-state index in [0.717, 1.165) is 16.7 Å². The molecule has 5 nitrogen and oxygen atoms in total. The average molecular weight is 469 g/mol. The highest BCUT2D eigenvalue weighted by molar-refractivity contribution is 7.89. The van der Waals surface area contributed by atoms with Crippen molar-refractivity contribution in [3.8, 4) is 0 Å². The number of carbonyl (C=O) groups excluding carboxylic acids is 1. The maximum atomic E-state index is 12.9. The molecule has 30 heavy (non-hydrogen) atoms. The molecule has 1 heterocycles. The first-order valence-electron chi connectivity index (χ1n) is 9.97. The van der Waals surface area contributed by atoms with Crippen LogP contribution in [0.3, 0.4) is 0 Å². The molecule has 1 aliphatic rings. The molecule has 162 valence electrons. The Morgan fingerprint density at radius 3 is 2.40 bits per heavy atom. The summed E-state index contributed by atoms with van der Waals surface area (Å²) in [6.07, 6.45) is 1.64. The molecular formula is C22H26Cl2N2O3S. The molecule has 1 N–H and O–H groups in total. The van der Waals surface area contributed by atoms with E-state index in [1.165, 1.54) is 4.31 Å². The van der Waals surface area contributed by atoms with E-state index in [0.29, 0.717) is 53.8 Å². The number of carbonyl (C=O) groups is 1. The molecule has 3 rings (SSSR count). The number of aryl methyl sites for hydroxylation is 2. The molecule has 0 aliphatic carbocycles. The predicted octanol–water partition coefficient (Wildman–Crippen LogP) is 4.37. The Bertz CT molecular complexity index is 1030. The van der Waals surface area contributed by atoms with E-state index in [-0.39, 0.29) is 11.8 Å². The second-order valence-electron chi connectivity index (χ2n) is 7.70. The summed E-state index contributed by atoms with van der Waals surface area (Å²) >= 11 is 12.1. The first-order valence-corrected chi connectivity index (χ1v) is 12.2. The van der Waals surface area contributed by atoms with Crippen LogP contribution in [0.5, 0.6) is 0 Å². The number of amides is 1. The highest BCUT2D eigenvalue weighted by Crippen LogP contribution is 2.25. The Morgan fingerprint density at radius 1 is 1.07 bits per heavy atom. The quantitative estimate of drug-likeness (QED) is 0.684.